The number of hydrogen-bond acceptors (Lipinski definition) is 5. The molecule has 7 heteroatoms. The number of hydrogen-bond donors (Lipinski definition) is 0. The van der Waals surface area contributed by atoms with Crippen molar-refractivity contribution in [2.45, 2.75) is 38.7 Å². The van der Waals surface area contributed by atoms with E-state index in [0.717, 1.165) is 23.1 Å². The highest BCUT2D eigenvalue weighted by atomic mass is 35.5. The summed E-state index contributed by atoms with van der Waals surface area (Å²) in [6.45, 7) is 3.80. The van der Waals surface area contributed by atoms with E-state index >= 15 is 0 Å². The van der Waals surface area contributed by atoms with Crippen LogP contribution in [0.2, 0.25) is 5.02 Å². The Balaban J connectivity index is 1.88. The minimum absolute atomic E-state index is 0.175. The molecular weight excluding hydrogens is 418 g/mol. The van der Waals surface area contributed by atoms with Gasteiger partial charge in [0.05, 0.1) is 12.2 Å². The summed E-state index contributed by atoms with van der Waals surface area (Å²) >= 11 is 6.03. The van der Waals surface area contributed by atoms with Crippen LogP contribution in [0.5, 0.6) is 0 Å². The van der Waals surface area contributed by atoms with Crippen LogP contribution < -0.4 is 0 Å². The van der Waals surface area contributed by atoms with Crippen LogP contribution in [0.1, 0.15) is 37.3 Å². The molecule has 2 aromatic rings. The summed E-state index contributed by atoms with van der Waals surface area (Å²) in [6, 6.07) is 13.4. The predicted octanol–water partition coefficient (Wildman–Crippen LogP) is 5.53. The van der Waals surface area contributed by atoms with E-state index in [-0.39, 0.29) is 18.3 Å². The minimum atomic E-state index is -0.840. The van der Waals surface area contributed by atoms with E-state index in [1.165, 1.54) is 5.06 Å². The van der Waals surface area contributed by atoms with Crippen molar-refractivity contribution >= 4 is 29.2 Å². The van der Waals surface area contributed by atoms with Gasteiger partial charge in [-0.25, -0.2) is 9.86 Å². The summed E-state index contributed by atoms with van der Waals surface area (Å²) in [5.41, 5.74) is 2.95. The van der Waals surface area contributed by atoms with Crippen LogP contribution in [-0.4, -0.2) is 36.4 Å². The lowest BCUT2D eigenvalue weighted by molar-refractivity contribution is -0.250. The zero-order valence-electron chi connectivity index (χ0n) is 17.7. The topological polar surface area (TPSA) is 65.1 Å². The molecule has 1 amide bonds. The molecule has 0 N–H and O–H groups in total. The first-order chi connectivity index (χ1) is 14.8. The normalized spacial score (nSPS) is 17.5. The Morgan fingerprint density at radius 2 is 1.84 bits per heavy atom. The van der Waals surface area contributed by atoms with Gasteiger partial charge in [-0.15, -0.1) is 0 Å². The third-order valence-electron chi connectivity index (χ3n) is 5.75. The molecule has 0 saturated heterocycles. The van der Waals surface area contributed by atoms with Crippen molar-refractivity contribution in [1.29, 1.82) is 0 Å². The molecule has 2 aliphatic rings. The van der Waals surface area contributed by atoms with E-state index in [2.05, 4.69) is 0 Å². The molecule has 1 spiro atoms. The van der Waals surface area contributed by atoms with Gasteiger partial charge in [-0.2, -0.15) is 0 Å². The van der Waals surface area contributed by atoms with Gasteiger partial charge in [0, 0.05) is 12.1 Å². The molecule has 1 saturated carbocycles. The molecule has 0 bridgehead atoms. The van der Waals surface area contributed by atoms with Crippen LogP contribution in [0.4, 0.5) is 4.79 Å². The first kappa shape index (κ1) is 21.4. The monoisotopic (exact) mass is 441 g/mol. The smallest absolute Gasteiger partial charge is 0.434 e. The molecule has 1 heterocycles. The highest BCUT2D eigenvalue weighted by Crippen LogP contribution is 2.49. The second-order valence-electron chi connectivity index (χ2n) is 7.77. The third-order valence-corrected chi connectivity index (χ3v) is 6.00. The average molecular weight is 442 g/mol. The van der Waals surface area contributed by atoms with Crippen molar-refractivity contribution in [3.8, 4) is 11.1 Å². The number of likely N-dealkylation sites (N-methyl/N-ethyl adjacent to an activating group) is 1. The Morgan fingerprint density at radius 1 is 1.16 bits per heavy atom. The summed E-state index contributed by atoms with van der Waals surface area (Å²) in [5.74, 6) is -0.134. The molecule has 0 aromatic heterocycles. The minimum Gasteiger partial charge on any atom is -0.434 e. The van der Waals surface area contributed by atoms with Gasteiger partial charge in [-0.1, -0.05) is 35.9 Å². The van der Waals surface area contributed by atoms with Gasteiger partial charge in [-0.3, -0.25) is 9.63 Å². The van der Waals surface area contributed by atoms with Crippen molar-refractivity contribution < 1.29 is 23.9 Å². The lowest BCUT2D eigenvalue weighted by Gasteiger charge is -2.47. The number of aryl methyl sites for hydroxylation is 1. The van der Waals surface area contributed by atoms with Crippen molar-refractivity contribution in [3.05, 3.63) is 64.4 Å². The zero-order chi connectivity index (χ0) is 22.2. The Bertz CT molecular complexity index is 1060. The van der Waals surface area contributed by atoms with Crippen molar-refractivity contribution in [1.82, 2.24) is 5.06 Å². The summed E-state index contributed by atoms with van der Waals surface area (Å²) in [5, 5.41) is 1.89. The Labute approximate surface area is 186 Å². The van der Waals surface area contributed by atoms with E-state index < -0.39 is 11.8 Å². The van der Waals surface area contributed by atoms with Gasteiger partial charge >= 0.3 is 6.16 Å². The van der Waals surface area contributed by atoms with Crippen LogP contribution in [0.3, 0.4) is 0 Å². The van der Waals surface area contributed by atoms with E-state index in [1.54, 1.807) is 14.0 Å². The number of amides is 1. The fourth-order valence-corrected chi connectivity index (χ4v) is 4.10. The first-order valence-corrected chi connectivity index (χ1v) is 10.7. The van der Waals surface area contributed by atoms with Crippen LogP contribution in [-0.2, 0) is 19.1 Å². The van der Waals surface area contributed by atoms with Gasteiger partial charge in [0.15, 0.2) is 11.4 Å². The highest BCUT2D eigenvalue weighted by Gasteiger charge is 2.53. The molecule has 1 fully saturated rings. The number of carbonyl (C=O) groups is 2. The number of rotatable bonds is 4. The lowest BCUT2D eigenvalue weighted by Crippen LogP contribution is -2.53. The van der Waals surface area contributed by atoms with Crippen LogP contribution in [0, 0.1) is 6.92 Å². The van der Waals surface area contributed by atoms with Gasteiger partial charge < -0.3 is 9.47 Å². The summed E-state index contributed by atoms with van der Waals surface area (Å²) in [4.78, 5) is 31.4. The molecule has 162 valence electrons. The summed E-state index contributed by atoms with van der Waals surface area (Å²) < 4.78 is 10.6. The summed E-state index contributed by atoms with van der Waals surface area (Å²) in [7, 11) is 1.59. The maximum atomic E-state index is 13.2. The van der Waals surface area contributed by atoms with Crippen molar-refractivity contribution in [2.24, 2.45) is 0 Å². The molecule has 31 heavy (non-hydrogen) atoms. The molecule has 6 nitrogen and oxygen atoms in total. The maximum Gasteiger partial charge on any atom is 0.513 e. The SMILES string of the molecule is CCOC(=O)OC1=C(c2cc(-c3ccc(Cl)cc3)ccc2C)C(=O)N(C)OC12CCC2. The predicted molar refractivity (Wildman–Crippen MR) is 117 cm³/mol. The van der Waals surface area contributed by atoms with Gasteiger partial charge in [0.1, 0.15) is 0 Å². The molecule has 0 unspecified atom stereocenters. The number of hydroxylamine groups is 2. The van der Waals surface area contributed by atoms with Gasteiger partial charge in [-0.05, 0) is 73.6 Å². The third kappa shape index (κ3) is 3.93. The average Bonchev–Trinajstić information content (AvgIpc) is 2.71. The van der Waals surface area contributed by atoms with Crippen LogP contribution >= 0.6 is 11.6 Å². The maximum absolute atomic E-state index is 13.2. The molecule has 4 rings (SSSR count). The zero-order valence-corrected chi connectivity index (χ0v) is 18.5. The standard InChI is InChI=1S/C24H24ClNO5/c1-4-29-23(28)30-21-20(22(27)26(3)31-24(21)12-5-13-24)19-14-17(7-6-15(19)2)16-8-10-18(25)11-9-16/h6-11,14H,4-5,12-13H2,1-3H3. The highest BCUT2D eigenvalue weighted by molar-refractivity contribution is 6.30. The van der Waals surface area contributed by atoms with Crippen LogP contribution in [0.15, 0.2) is 48.2 Å². The van der Waals surface area contributed by atoms with E-state index in [9.17, 15) is 9.59 Å². The summed E-state index contributed by atoms with van der Waals surface area (Å²) in [6.07, 6.45) is 1.38. The molecule has 1 aliphatic heterocycles. The largest absolute Gasteiger partial charge is 0.513 e. The Hall–Kier alpha value is -2.83. The molecule has 0 atom stereocenters. The second kappa shape index (κ2) is 8.36. The van der Waals surface area contributed by atoms with E-state index in [1.807, 2.05) is 49.4 Å². The van der Waals surface area contributed by atoms with Crippen molar-refractivity contribution in [2.75, 3.05) is 13.7 Å². The molecule has 0 radical (unpaired) electrons. The van der Waals surface area contributed by atoms with Crippen molar-refractivity contribution in [3.63, 3.8) is 0 Å². The molecule has 1 aliphatic carbocycles. The molecular formula is C24H24ClNO5. The first-order valence-electron chi connectivity index (χ1n) is 10.3. The van der Waals surface area contributed by atoms with Gasteiger partial charge in [0.2, 0.25) is 0 Å². The number of benzene rings is 2. The quantitative estimate of drug-likeness (QED) is 0.584. The number of nitrogens with zero attached hydrogens (tertiary/aromatic N) is 1. The fraction of sp³-hybridized carbons (Fsp3) is 0.333. The number of ether oxygens (including phenoxy) is 2. The van der Waals surface area contributed by atoms with E-state index in [0.29, 0.717) is 29.0 Å². The second-order valence-corrected chi connectivity index (χ2v) is 8.20. The van der Waals surface area contributed by atoms with E-state index in [4.69, 9.17) is 25.9 Å². The Morgan fingerprint density at radius 3 is 2.45 bits per heavy atom. The number of carbonyl (C=O) groups excluding carboxylic acids is 2. The van der Waals surface area contributed by atoms with Gasteiger partial charge in [0.25, 0.3) is 5.91 Å². The number of halogens is 1. The Kier molecular flexibility index (Phi) is 5.77. The molecule has 2 aromatic carbocycles. The fourth-order valence-electron chi connectivity index (χ4n) is 3.97. The lowest BCUT2D eigenvalue weighted by atomic mass is 9.75. The van der Waals surface area contributed by atoms with Crippen LogP contribution in [0.25, 0.3) is 16.7 Å².